The maximum atomic E-state index is 5.45. The highest BCUT2D eigenvalue weighted by atomic mass is 16.5. The van der Waals surface area contributed by atoms with Gasteiger partial charge in [0.1, 0.15) is 0 Å². The van der Waals surface area contributed by atoms with Gasteiger partial charge >= 0.3 is 0 Å². The van der Waals surface area contributed by atoms with Crippen LogP contribution in [0, 0.1) is 11.3 Å². The van der Waals surface area contributed by atoms with Crippen LogP contribution in [0.25, 0.3) is 0 Å². The van der Waals surface area contributed by atoms with E-state index in [-0.39, 0.29) is 6.04 Å². The van der Waals surface area contributed by atoms with Crippen molar-refractivity contribution in [1.29, 1.82) is 0 Å². The third-order valence-electron chi connectivity index (χ3n) is 4.11. The molecule has 0 aliphatic rings. The van der Waals surface area contributed by atoms with Gasteiger partial charge in [0.2, 0.25) is 0 Å². The summed E-state index contributed by atoms with van der Waals surface area (Å²) in [5, 5.41) is 7.81. The monoisotopic (exact) mass is 267 g/mol. The smallest absolute Gasteiger partial charge is 0.161 e. The molecule has 0 bridgehead atoms. The number of rotatable bonds is 6. The third-order valence-corrected chi connectivity index (χ3v) is 4.11. The largest absolute Gasteiger partial charge is 0.493 e. The Kier molecular flexibility index (Phi) is 5.41. The quantitative estimate of drug-likeness (QED) is 0.860. The van der Waals surface area contributed by atoms with Crippen LogP contribution in [0.5, 0.6) is 5.75 Å². The fourth-order valence-electron chi connectivity index (χ4n) is 2.21. The van der Waals surface area contributed by atoms with Gasteiger partial charge in [0, 0.05) is 6.54 Å². The second-order valence-corrected chi connectivity index (χ2v) is 6.26. The summed E-state index contributed by atoms with van der Waals surface area (Å²) in [6.07, 6.45) is 2.88. The number of methoxy groups -OCH3 is 1. The summed E-state index contributed by atoms with van der Waals surface area (Å²) in [7, 11) is 3.72. The molecule has 1 heterocycles. The summed E-state index contributed by atoms with van der Waals surface area (Å²) in [4.78, 5) is 0. The minimum atomic E-state index is 0.270. The van der Waals surface area contributed by atoms with E-state index < -0.39 is 0 Å². The number of aromatic nitrogens is 2. The van der Waals surface area contributed by atoms with Crippen LogP contribution in [0.4, 0.5) is 0 Å². The average molecular weight is 267 g/mol. The Morgan fingerprint density at radius 2 is 2.05 bits per heavy atom. The molecule has 0 saturated heterocycles. The van der Waals surface area contributed by atoms with Gasteiger partial charge in [-0.25, -0.2) is 0 Å². The van der Waals surface area contributed by atoms with Gasteiger partial charge < -0.3 is 10.1 Å². The number of nitrogens with one attached hydrogen (secondary N) is 1. The van der Waals surface area contributed by atoms with Crippen molar-refractivity contribution in [1.82, 2.24) is 15.1 Å². The molecule has 0 aromatic carbocycles. The number of hydrogen-bond acceptors (Lipinski definition) is 3. The lowest BCUT2D eigenvalue weighted by Crippen LogP contribution is -2.27. The summed E-state index contributed by atoms with van der Waals surface area (Å²) in [6, 6.07) is 0.270. The van der Waals surface area contributed by atoms with E-state index in [1.165, 1.54) is 0 Å². The lowest BCUT2D eigenvalue weighted by molar-refractivity contribution is 0.221. The minimum absolute atomic E-state index is 0.270. The predicted octanol–water partition coefficient (Wildman–Crippen LogP) is 3.24. The topological polar surface area (TPSA) is 39.1 Å². The molecule has 110 valence electrons. The molecule has 4 nitrogen and oxygen atoms in total. The minimum Gasteiger partial charge on any atom is -0.493 e. The molecule has 0 aliphatic carbocycles. The normalized spacial score (nSPS) is 15.3. The van der Waals surface area contributed by atoms with Gasteiger partial charge in [0.05, 0.1) is 25.0 Å². The lowest BCUT2D eigenvalue weighted by atomic mass is 9.78. The lowest BCUT2D eigenvalue weighted by Gasteiger charge is -2.31. The van der Waals surface area contributed by atoms with E-state index >= 15 is 0 Å². The molecule has 2 unspecified atom stereocenters. The van der Waals surface area contributed by atoms with Gasteiger partial charge in [0.15, 0.2) is 5.75 Å². The molecular formula is C15H29N3O. The molecule has 4 heteroatoms. The summed E-state index contributed by atoms with van der Waals surface area (Å²) < 4.78 is 7.48. The summed E-state index contributed by atoms with van der Waals surface area (Å²) in [5.74, 6) is 1.48. The zero-order valence-corrected chi connectivity index (χ0v) is 13.4. The Bertz CT molecular complexity index is 371. The first kappa shape index (κ1) is 16.0. The Balaban J connectivity index is 3.00. The highest BCUT2D eigenvalue weighted by molar-refractivity contribution is 5.28. The van der Waals surface area contributed by atoms with Crippen LogP contribution in [-0.4, -0.2) is 23.9 Å². The fraction of sp³-hybridized carbons (Fsp3) is 0.800. The first-order valence-electron chi connectivity index (χ1n) is 7.12. The molecule has 0 amide bonds. The molecule has 1 aromatic rings. The van der Waals surface area contributed by atoms with Crippen molar-refractivity contribution in [3.63, 3.8) is 0 Å². The highest BCUT2D eigenvalue weighted by Gasteiger charge is 2.27. The molecule has 0 saturated carbocycles. The molecule has 1 N–H and O–H groups in total. The molecular weight excluding hydrogens is 238 g/mol. The maximum Gasteiger partial charge on any atom is 0.161 e. The maximum absolute atomic E-state index is 5.45. The predicted molar refractivity (Wildman–Crippen MR) is 79.5 cm³/mol. The van der Waals surface area contributed by atoms with Crippen LogP contribution in [0.1, 0.15) is 52.8 Å². The van der Waals surface area contributed by atoms with Gasteiger partial charge in [-0.15, -0.1) is 0 Å². The number of nitrogens with zero attached hydrogens (tertiary/aromatic N) is 2. The van der Waals surface area contributed by atoms with Gasteiger partial charge in [-0.05, 0) is 31.7 Å². The van der Waals surface area contributed by atoms with Crippen molar-refractivity contribution < 1.29 is 4.74 Å². The SMILES string of the molecule is CCn1ncc(OC)c1C(CC(C)C(C)(C)C)NC. The van der Waals surface area contributed by atoms with Crippen molar-refractivity contribution in [3.8, 4) is 5.75 Å². The Morgan fingerprint density at radius 3 is 2.47 bits per heavy atom. The van der Waals surface area contributed by atoms with Crippen molar-refractivity contribution in [2.45, 2.75) is 53.6 Å². The van der Waals surface area contributed by atoms with E-state index in [1.54, 1.807) is 7.11 Å². The number of aryl methyl sites for hydroxylation is 1. The molecule has 0 spiro atoms. The van der Waals surface area contributed by atoms with Crippen LogP contribution in [-0.2, 0) is 6.54 Å². The van der Waals surface area contributed by atoms with Crippen LogP contribution in [0.2, 0.25) is 0 Å². The number of ether oxygens (including phenoxy) is 1. The van der Waals surface area contributed by atoms with E-state index in [2.05, 4.69) is 45.0 Å². The van der Waals surface area contributed by atoms with Crippen LogP contribution < -0.4 is 10.1 Å². The molecule has 19 heavy (non-hydrogen) atoms. The van der Waals surface area contributed by atoms with E-state index in [4.69, 9.17) is 4.74 Å². The van der Waals surface area contributed by atoms with Crippen LogP contribution in [0.15, 0.2) is 6.20 Å². The Labute approximate surface area is 117 Å². The van der Waals surface area contributed by atoms with Crippen molar-refractivity contribution in [2.24, 2.45) is 11.3 Å². The van der Waals surface area contributed by atoms with Gasteiger partial charge in [-0.1, -0.05) is 27.7 Å². The third kappa shape index (κ3) is 3.72. The van der Waals surface area contributed by atoms with Crippen LogP contribution in [0.3, 0.4) is 0 Å². The molecule has 2 atom stereocenters. The zero-order chi connectivity index (χ0) is 14.6. The molecule has 0 aliphatic heterocycles. The number of hydrogen-bond donors (Lipinski definition) is 1. The average Bonchev–Trinajstić information content (AvgIpc) is 2.77. The first-order valence-corrected chi connectivity index (χ1v) is 7.12. The van der Waals surface area contributed by atoms with Crippen molar-refractivity contribution in [3.05, 3.63) is 11.9 Å². The van der Waals surface area contributed by atoms with Crippen LogP contribution >= 0.6 is 0 Å². The standard InChI is InChI=1S/C15H29N3O/c1-8-18-14(13(19-7)10-17-18)12(16-6)9-11(2)15(3,4)5/h10-12,16H,8-9H2,1-7H3. The zero-order valence-electron chi connectivity index (χ0n) is 13.4. The van der Waals surface area contributed by atoms with E-state index in [0.717, 1.165) is 24.4 Å². The Morgan fingerprint density at radius 1 is 1.42 bits per heavy atom. The van der Waals surface area contributed by atoms with Gasteiger partial charge in [-0.3, -0.25) is 4.68 Å². The summed E-state index contributed by atoms with van der Waals surface area (Å²) >= 11 is 0. The van der Waals surface area contributed by atoms with Gasteiger partial charge in [0.25, 0.3) is 0 Å². The summed E-state index contributed by atoms with van der Waals surface area (Å²) in [6.45, 7) is 12.1. The fourth-order valence-corrected chi connectivity index (χ4v) is 2.21. The molecule has 1 aromatic heterocycles. The molecule has 0 radical (unpaired) electrons. The van der Waals surface area contributed by atoms with E-state index in [9.17, 15) is 0 Å². The first-order chi connectivity index (χ1) is 8.85. The van der Waals surface area contributed by atoms with Crippen molar-refractivity contribution in [2.75, 3.05) is 14.2 Å². The second kappa shape index (κ2) is 6.42. The molecule has 0 fully saturated rings. The highest BCUT2D eigenvalue weighted by Crippen LogP contribution is 2.35. The van der Waals surface area contributed by atoms with Crippen molar-refractivity contribution >= 4 is 0 Å². The second-order valence-electron chi connectivity index (χ2n) is 6.26. The van der Waals surface area contributed by atoms with E-state index in [1.807, 2.05) is 17.9 Å². The van der Waals surface area contributed by atoms with Gasteiger partial charge in [-0.2, -0.15) is 5.10 Å². The Hall–Kier alpha value is -1.03. The van der Waals surface area contributed by atoms with E-state index in [0.29, 0.717) is 11.3 Å². The molecule has 1 rings (SSSR count). The summed E-state index contributed by atoms with van der Waals surface area (Å²) in [5.41, 5.74) is 1.46.